The van der Waals surface area contributed by atoms with E-state index in [4.69, 9.17) is 9.47 Å². The highest BCUT2D eigenvalue weighted by atomic mass is 19.4. The Hall–Kier alpha value is -2.53. The number of ether oxygens (including phenoxy) is 2. The van der Waals surface area contributed by atoms with Gasteiger partial charge < -0.3 is 14.8 Å². The van der Waals surface area contributed by atoms with Crippen molar-refractivity contribution in [3.05, 3.63) is 64.5 Å². The number of rotatable bonds is 6. The molecule has 2 fully saturated rings. The van der Waals surface area contributed by atoms with E-state index >= 15 is 0 Å². The molecule has 0 bridgehead atoms. The normalized spacial score (nSPS) is 27.7. The number of nitrogens with one attached hydrogen (secondary N) is 1. The number of benzene rings is 1. The van der Waals surface area contributed by atoms with Crippen molar-refractivity contribution < 1.29 is 27.4 Å². The maximum atomic E-state index is 13.3. The second-order valence-electron chi connectivity index (χ2n) is 11.5. The Morgan fingerprint density at radius 1 is 1.07 bits per heavy atom. The Morgan fingerprint density at radius 3 is 2.85 bits per heavy atom. The van der Waals surface area contributed by atoms with E-state index in [1.165, 1.54) is 11.6 Å². The van der Waals surface area contributed by atoms with Crippen LogP contribution in [0.15, 0.2) is 36.5 Å². The fraction of sp³-hybridized carbons (Fsp3) is 0.600. The van der Waals surface area contributed by atoms with Crippen LogP contribution in [0.25, 0.3) is 0 Å². The van der Waals surface area contributed by atoms with E-state index in [9.17, 15) is 18.0 Å². The van der Waals surface area contributed by atoms with Crippen LogP contribution in [0, 0.1) is 0 Å². The first kappa shape index (κ1) is 27.6. The van der Waals surface area contributed by atoms with Crippen molar-refractivity contribution in [1.29, 1.82) is 0 Å². The molecule has 3 aliphatic heterocycles. The summed E-state index contributed by atoms with van der Waals surface area (Å²) in [6.07, 6.45) is 2.68. The molecule has 0 saturated carbocycles. The molecule has 0 spiro atoms. The van der Waals surface area contributed by atoms with Crippen molar-refractivity contribution in [1.82, 2.24) is 20.1 Å². The number of halogens is 3. The Bertz CT molecular complexity index is 1200. The Labute approximate surface area is 233 Å². The lowest BCUT2D eigenvalue weighted by atomic mass is 9.97. The fourth-order valence-corrected chi connectivity index (χ4v) is 6.73. The van der Waals surface area contributed by atoms with Gasteiger partial charge in [0.15, 0.2) is 0 Å². The van der Waals surface area contributed by atoms with E-state index in [0.717, 1.165) is 69.2 Å². The monoisotopic (exact) mass is 558 g/mol. The molecule has 40 heavy (non-hydrogen) atoms. The van der Waals surface area contributed by atoms with Gasteiger partial charge in [-0.2, -0.15) is 13.2 Å². The summed E-state index contributed by atoms with van der Waals surface area (Å²) >= 11 is 0. The summed E-state index contributed by atoms with van der Waals surface area (Å²) in [5.74, 6) is -0.120. The molecule has 7 nitrogen and oxygen atoms in total. The van der Waals surface area contributed by atoms with Crippen molar-refractivity contribution >= 4 is 5.91 Å². The van der Waals surface area contributed by atoms with Crippen LogP contribution in [0.3, 0.4) is 0 Å². The van der Waals surface area contributed by atoms with Crippen LogP contribution < -0.4 is 5.32 Å². The van der Waals surface area contributed by atoms with Crippen molar-refractivity contribution in [3.8, 4) is 0 Å². The average Bonchev–Trinajstić information content (AvgIpc) is 3.40. The number of hydrogen-bond acceptors (Lipinski definition) is 6. The number of likely N-dealkylation sites (tertiary alicyclic amines) is 1. The molecule has 1 aromatic heterocycles. The van der Waals surface area contributed by atoms with Crippen LogP contribution in [-0.4, -0.2) is 78.3 Å². The second kappa shape index (κ2) is 11.8. The van der Waals surface area contributed by atoms with Gasteiger partial charge in [0.05, 0.1) is 29.9 Å². The number of amides is 1. The molecule has 216 valence electrons. The van der Waals surface area contributed by atoms with E-state index in [1.54, 1.807) is 12.3 Å². The zero-order valence-corrected chi connectivity index (χ0v) is 22.7. The number of aromatic nitrogens is 1. The third-order valence-electron chi connectivity index (χ3n) is 8.82. The summed E-state index contributed by atoms with van der Waals surface area (Å²) in [5.41, 5.74) is 3.14. The van der Waals surface area contributed by atoms with E-state index in [0.29, 0.717) is 37.7 Å². The highest BCUT2D eigenvalue weighted by Crippen LogP contribution is 2.35. The van der Waals surface area contributed by atoms with Crippen molar-refractivity contribution in [2.75, 3.05) is 39.4 Å². The predicted molar refractivity (Wildman–Crippen MR) is 143 cm³/mol. The lowest BCUT2D eigenvalue weighted by Gasteiger charge is -2.30. The van der Waals surface area contributed by atoms with Gasteiger partial charge in [-0.25, -0.2) is 0 Å². The quantitative estimate of drug-likeness (QED) is 0.580. The van der Waals surface area contributed by atoms with Gasteiger partial charge >= 0.3 is 6.18 Å². The number of carbonyl (C=O) groups excluding carboxylic acids is 1. The minimum Gasteiger partial charge on any atom is -0.381 e. The molecular formula is C30H37F3N4O3. The number of nitrogens with zero attached hydrogens (tertiary/aromatic N) is 3. The first-order valence-electron chi connectivity index (χ1n) is 14.5. The highest BCUT2D eigenvalue weighted by Gasteiger charge is 2.40. The fourth-order valence-electron chi connectivity index (χ4n) is 6.73. The number of hydrogen-bond donors (Lipinski definition) is 1. The molecule has 10 heteroatoms. The summed E-state index contributed by atoms with van der Waals surface area (Å²) < 4.78 is 52.1. The summed E-state index contributed by atoms with van der Waals surface area (Å²) in [6.45, 7) is 4.09. The number of alkyl halides is 3. The molecule has 1 amide bonds. The van der Waals surface area contributed by atoms with Gasteiger partial charge in [-0.05, 0) is 73.4 Å². The van der Waals surface area contributed by atoms with Crippen molar-refractivity contribution in [2.24, 2.45) is 0 Å². The van der Waals surface area contributed by atoms with Gasteiger partial charge in [0, 0.05) is 51.6 Å². The minimum atomic E-state index is -4.38. The smallest absolute Gasteiger partial charge is 0.381 e. The van der Waals surface area contributed by atoms with E-state index < -0.39 is 11.7 Å². The molecule has 4 heterocycles. The standard InChI is InChI=1S/C30H37F3N4O3/c31-30(32,33)23-7-5-20-9-12-36(16-22(20)15-23)19-28(38)35-25-17-37(24-4-2-13-39-14-10-24)18-27(25)40-26-8-6-21-3-1-11-34-29(21)26/h1,3,5,7,11,15,24-27H,2,4,6,8-10,12-14,16-19H2,(H,35,38)/t24?,25?,26?,27-/m0/s1. The van der Waals surface area contributed by atoms with Gasteiger partial charge in [0.1, 0.15) is 6.10 Å². The van der Waals surface area contributed by atoms with Gasteiger partial charge in [-0.15, -0.1) is 0 Å². The third kappa shape index (κ3) is 6.20. The second-order valence-corrected chi connectivity index (χ2v) is 11.5. The van der Waals surface area contributed by atoms with Gasteiger partial charge in [-0.1, -0.05) is 12.1 Å². The van der Waals surface area contributed by atoms with Gasteiger partial charge in [0.25, 0.3) is 0 Å². The predicted octanol–water partition coefficient (Wildman–Crippen LogP) is 3.90. The first-order valence-corrected chi connectivity index (χ1v) is 14.5. The van der Waals surface area contributed by atoms with Gasteiger partial charge in [0.2, 0.25) is 5.91 Å². The van der Waals surface area contributed by atoms with Gasteiger partial charge in [-0.3, -0.25) is 19.6 Å². The number of aryl methyl sites for hydroxylation is 1. The molecule has 4 atom stereocenters. The zero-order chi connectivity index (χ0) is 27.7. The third-order valence-corrected chi connectivity index (χ3v) is 8.82. The van der Waals surface area contributed by atoms with E-state index in [1.807, 2.05) is 11.0 Å². The molecule has 1 N–H and O–H groups in total. The molecule has 3 unspecified atom stereocenters. The van der Waals surface area contributed by atoms with Crippen molar-refractivity contribution in [2.45, 2.75) is 75.5 Å². The molecular weight excluding hydrogens is 521 g/mol. The molecule has 2 saturated heterocycles. The molecule has 0 radical (unpaired) electrons. The maximum Gasteiger partial charge on any atom is 0.416 e. The van der Waals surface area contributed by atoms with Crippen molar-refractivity contribution in [3.63, 3.8) is 0 Å². The lowest BCUT2D eigenvalue weighted by Crippen LogP contribution is -2.48. The van der Waals surface area contributed by atoms with Crippen LogP contribution in [0.4, 0.5) is 13.2 Å². The Morgan fingerprint density at radius 2 is 1.98 bits per heavy atom. The summed E-state index contributed by atoms with van der Waals surface area (Å²) in [7, 11) is 0. The van der Waals surface area contributed by atoms with Crippen LogP contribution >= 0.6 is 0 Å². The topological polar surface area (TPSA) is 66.9 Å². The number of pyridine rings is 1. The first-order chi connectivity index (χ1) is 19.3. The SMILES string of the molecule is O=C(CN1CCc2ccc(C(F)(F)F)cc2C1)NC1CN(C2CCCOCC2)C[C@@H]1OC1CCc2cccnc21. The molecule has 6 rings (SSSR count). The summed E-state index contributed by atoms with van der Waals surface area (Å²) in [4.78, 5) is 22.2. The van der Waals surface area contributed by atoms with E-state index in [-0.39, 0.29) is 30.7 Å². The Balaban J connectivity index is 1.12. The molecule has 2 aromatic rings. The summed E-state index contributed by atoms with van der Waals surface area (Å²) in [6, 6.07) is 8.22. The summed E-state index contributed by atoms with van der Waals surface area (Å²) in [5, 5.41) is 3.24. The average molecular weight is 559 g/mol. The lowest BCUT2D eigenvalue weighted by molar-refractivity contribution is -0.137. The zero-order valence-electron chi connectivity index (χ0n) is 22.7. The number of fused-ring (bicyclic) bond motifs is 2. The highest BCUT2D eigenvalue weighted by molar-refractivity contribution is 5.78. The largest absolute Gasteiger partial charge is 0.416 e. The number of carbonyl (C=O) groups is 1. The molecule has 4 aliphatic rings. The van der Waals surface area contributed by atoms with Crippen LogP contribution in [-0.2, 0) is 39.8 Å². The van der Waals surface area contributed by atoms with Crippen LogP contribution in [0.1, 0.15) is 59.7 Å². The Kier molecular flexibility index (Phi) is 8.12. The van der Waals surface area contributed by atoms with E-state index in [2.05, 4.69) is 21.3 Å². The molecule has 1 aromatic carbocycles. The molecule has 1 aliphatic carbocycles. The van der Waals surface area contributed by atoms with Crippen LogP contribution in [0.5, 0.6) is 0 Å². The minimum absolute atomic E-state index is 0.0838. The van der Waals surface area contributed by atoms with Crippen LogP contribution in [0.2, 0.25) is 0 Å². The maximum absolute atomic E-state index is 13.3.